The molecule has 0 aliphatic heterocycles. The molecule has 1 atom stereocenters. The van der Waals surface area contributed by atoms with Crippen molar-refractivity contribution in [2.24, 2.45) is 0 Å². The number of halogens is 2. The smallest absolute Gasteiger partial charge is 0.124 e. The Morgan fingerprint density at radius 1 is 1.14 bits per heavy atom. The molecule has 2 aromatic carbocycles. The molecule has 0 bridgehead atoms. The molecular weight excluding hydrogens is 394 g/mol. The molecular formula is C17H19Br2NO. The third kappa shape index (κ3) is 3.68. The Labute approximate surface area is 143 Å². The maximum Gasteiger partial charge on any atom is 0.124 e. The maximum atomic E-state index is 5.79. The molecule has 0 radical (unpaired) electrons. The lowest BCUT2D eigenvalue weighted by Gasteiger charge is -2.23. The van der Waals surface area contributed by atoms with E-state index in [4.69, 9.17) is 4.74 Å². The van der Waals surface area contributed by atoms with Crippen molar-refractivity contribution in [1.82, 2.24) is 5.32 Å². The molecule has 0 aromatic heterocycles. The Morgan fingerprint density at radius 3 is 2.57 bits per heavy atom. The van der Waals surface area contributed by atoms with E-state index in [0.29, 0.717) is 6.61 Å². The second-order valence-electron chi connectivity index (χ2n) is 4.79. The van der Waals surface area contributed by atoms with Crippen LogP contribution in [0.4, 0.5) is 0 Å². The molecule has 2 nitrogen and oxygen atoms in total. The average Bonchev–Trinajstić information content (AvgIpc) is 2.47. The van der Waals surface area contributed by atoms with Gasteiger partial charge in [-0.3, -0.25) is 0 Å². The zero-order valence-electron chi connectivity index (χ0n) is 12.4. The fraction of sp³-hybridized carbons (Fsp3) is 0.294. The molecule has 1 N–H and O–H groups in total. The highest BCUT2D eigenvalue weighted by Gasteiger charge is 2.19. The third-order valence-corrected chi connectivity index (χ3v) is 4.84. The van der Waals surface area contributed by atoms with Crippen molar-refractivity contribution in [3.8, 4) is 5.75 Å². The first kappa shape index (κ1) is 16.5. The average molecular weight is 413 g/mol. The first-order valence-corrected chi connectivity index (χ1v) is 8.51. The molecule has 2 rings (SSSR count). The fourth-order valence-corrected chi connectivity index (χ4v) is 3.21. The van der Waals surface area contributed by atoms with Crippen LogP contribution in [-0.4, -0.2) is 13.7 Å². The number of ether oxygens (including phenoxy) is 1. The van der Waals surface area contributed by atoms with Gasteiger partial charge in [-0.1, -0.05) is 44.0 Å². The molecule has 0 spiro atoms. The van der Waals surface area contributed by atoms with Crippen molar-refractivity contribution in [2.45, 2.75) is 19.9 Å². The predicted octanol–water partition coefficient (Wildman–Crippen LogP) is 5.23. The standard InChI is InChI=1S/C17H19Br2NO/c1-4-21-16-9-8-12(18)10-14(16)17(20-3)13-6-5-7-15(19)11(13)2/h5-10,17,20H,4H2,1-3H3. The zero-order chi connectivity index (χ0) is 15.4. The van der Waals surface area contributed by atoms with Gasteiger partial charge in [0.15, 0.2) is 0 Å². The summed E-state index contributed by atoms with van der Waals surface area (Å²) in [6.07, 6.45) is 0. The molecule has 0 aliphatic rings. The van der Waals surface area contributed by atoms with Crippen LogP contribution in [0.1, 0.15) is 29.7 Å². The van der Waals surface area contributed by atoms with Crippen molar-refractivity contribution in [1.29, 1.82) is 0 Å². The van der Waals surface area contributed by atoms with E-state index in [1.54, 1.807) is 0 Å². The Morgan fingerprint density at radius 2 is 1.90 bits per heavy atom. The van der Waals surface area contributed by atoms with Gasteiger partial charge >= 0.3 is 0 Å². The van der Waals surface area contributed by atoms with Gasteiger partial charge in [-0.2, -0.15) is 0 Å². The molecule has 112 valence electrons. The highest BCUT2D eigenvalue weighted by molar-refractivity contribution is 9.10. The van der Waals surface area contributed by atoms with E-state index < -0.39 is 0 Å². The van der Waals surface area contributed by atoms with Gasteiger partial charge in [-0.25, -0.2) is 0 Å². The van der Waals surface area contributed by atoms with Crippen LogP contribution in [0.2, 0.25) is 0 Å². The second-order valence-corrected chi connectivity index (χ2v) is 6.56. The van der Waals surface area contributed by atoms with Gasteiger partial charge in [-0.05, 0) is 56.3 Å². The van der Waals surface area contributed by atoms with Crippen LogP contribution >= 0.6 is 31.9 Å². The van der Waals surface area contributed by atoms with Gasteiger partial charge in [-0.15, -0.1) is 0 Å². The van der Waals surface area contributed by atoms with Crippen LogP contribution in [0.25, 0.3) is 0 Å². The Balaban J connectivity index is 2.55. The van der Waals surface area contributed by atoms with E-state index in [-0.39, 0.29) is 6.04 Å². The number of benzene rings is 2. The molecule has 0 heterocycles. The summed E-state index contributed by atoms with van der Waals surface area (Å²) in [4.78, 5) is 0. The van der Waals surface area contributed by atoms with Crippen molar-refractivity contribution in [3.63, 3.8) is 0 Å². The highest BCUT2D eigenvalue weighted by Crippen LogP contribution is 2.35. The first-order valence-electron chi connectivity index (χ1n) is 6.93. The Kier molecular flexibility index (Phi) is 5.85. The van der Waals surface area contributed by atoms with Crippen molar-refractivity contribution in [2.75, 3.05) is 13.7 Å². The molecule has 0 saturated heterocycles. The van der Waals surface area contributed by atoms with Gasteiger partial charge in [0.2, 0.25) is 0 Å². The van der Waals surface area contributed by atoms with Crippen molar-refractivity contribution in [3.05, 3.63) is 62.0 Å². The number of rotatable bonds is 5. The summed E-state index contributed by atoms with van der Waals surface area (Å²) in [6, 6.07) is 12.5. The molecule has 21 heavy (non-hydrogen) atoms. The van der Waals surface area contributed by atoms with E-state index in [1.807, 2.05) is 26.1 Å². The minimum Gasteiger partial charge on any atom is -0.494 e. The molecule has 0 amide bonds. The summed E-state index contributed by atoms with van der Waals surface area (Å²) >= 11 is 7.17. The summed E-state index contributed by atoms with van der Waals surface area (Å²) in [6.45, 7) is 4.79. The van der Waals surface area contributed by atoms with E-state index in [2.05, 4.69) is 68.4 Å². The van der Waals surface area contributed by atoms with Gasteiger partial charge in [0.1, 0.15) is 5.75 Å². The summed E-state index contributed by atoms with van der Waals surface area (Å²) in [5.41, 5.74) is 3.61. The number of hydrogen-bond acceptors (Lipinski definition) is 2. The molecule has 0 saturated carbocycles. The van der Waals surface area contributed by atoms with Gasteiger partial charge in [0.25, 0.3) is 0 Å². The number of hydrogen-bond donors (Lipinski definition) is 1. The first-order chi connectivity index (χ1) is 10.1. The minimum absolute atomic E-state index is 0.0848. The molecule has 2 aromatic rings. The predicted molar refractivity (Wildman–Crippen MR) is 95.1 cm³/mol. The third-order valence-electron chi connectivity index (χ3n) is 3.49. The normalized spacial score (nSPS) is 12.2. The van der Waals surface area contributed by atoms with Crippen molar-refractivity contribution < 1.29 is 4.74 Å². The van der Waals surface area contributed by atoms with Crippen LogP contribution < -0.4 is 10.1 Å². The minimum atomic E-state index is 0.0848. The van der Waals surface area contributed by atoms with Crippen LogP contribution in [0.3, 0.4) is 0 Å². The Hall–Kier alpha value is -0.840. The Bertz CT molecular complexity index is 628. The van der Waals surface area contributed by atoms with Crippen molar-refractivity contribution >= 4 is 31.9 Å². The summed E-state index contributed by atoms with van der Waals surface area (Å²) in [7, 11) is 1.97. The second kappa shape index (κ2) is 7.43. The summed E-state index contributed by atoms with van der Waals surface area (Å²) < 4.78 is 7.96. The molecule has 0 aliphatic carbocycles. The van der Waals surface area contributed by atoms with Crippen LogP contribution in [-0.2, 0) is 0 Å². The zero-order valence-corrected chi connectivity index (χ0v) is 15.6. The lowest BCUT2D eigenvalue weighted by Crippen LogP contribution is -2.20. The van der Waals surface area contributed by atoms with Crippen LogP contribution in [0.15, 0.2) is 45.3 Å². The van der Waals surface area contributed by atoms with Crippen LogP contribution in [0.5, 0.6) is 5.75 Å². The number of nitrogens with one attached hydrogen (secondary N) is 1. The SMILES string of the molecule is CCOc1ccc(Br)cc1C(NC)c1cccc(Br)c1C. The highest BCUT2D eigenvalue weighted by atomic mass is 79.9. The topological polar surface area (TPSA) is 21.3 Å². The van der Waals surface area contributed by atoms with E-state index in [0.717, 1.165) is 20.3 Å². The van der Waals surface area contributed by atoms with Crippen LogP contribution in [0, 0.1) is 6.92 Å². The quantitative estimate of drug-likeness (QED) is 0.725. The van der Waals surface area contributed by atoms with Gasteiger partial charge < -0.3 is 10.1 Å². The lowest BCUT2D eigenvalue weighted by atomic mass is 9.94. The fourth-order valence-electron chi connectivity index (χ4n) is 2.45. The molecule has 1 unspecified atom stereocenters. The van der Waals surface area contributed by atoms with E-state index in [9.17, 15) is 0 Å². The lowest BCUT2D eigenvalue weighted by molar-refractivity contribution is 0.334. The monoisotopic (exact) mass is 411 g/mol. The maximum absolute atomic E-state index is 5.79. The van der Waals surface area contributed by atoms with E-state index in [1.165, 1.54) is 11.1 Å². The molecule has 4 heteroatoms. The summed E-state index contributed by atoms with van der Waals surface area (Å²) in [5, 5.41) is 3.41. The van der Waals surface area contributed by atoms with Gasteiger partial charge in [0, 0.05) is 14.5 Å². The van der Waals surface area contributed by atoms with E-state index >= 15 is 0 Å². The largest absolute Gasteiger partial charge is 0.494 e. The summed E-state index contributed by atoms with van der Waals surface area (Å²) in [5.74, 6) is 0.916. The van der Waals surface area contributed by atoms with Gasteiger partial charge in [0.05, 0.1) is 12.6 Å². The molecule has 0 fully saturated rings.